The molecule has 120 valence electrons. The number of nitrogens with zero attached hydrogens (tertiary/aromatic N) is 1. The quantitative estimate of drug-likeness (QED) is 0.388. The molecule has 0 heterocycles. The Morgan fingerprint density at radius 2 is 2.05 bits per heavy atom. The molecular formula is C17H25N3O2. The lowest BCUT2D eigenvalue weighted by Gasteiger charge is -2.16. The van der Waals surface area contributed by atoms with Gasteiger partial charge in [0.25, 0.3) is 0 Å². The number of rotatable bonds is 4. The lowest BCUT2D eigenvalue weighted by molar-refractivity contribution is 0.0600. The molecule has 0 aliphatic heterocycles. The van der Waals surface area contributed by atoms with Crippen LogP contribution in [0.4, 0.5) is 0 Å². The van der Waals surface area contributed by atoms with Gasteiger partial charge in [-0.25, -0.2) is 9.79 Å². The van der Waals surface area contributed by atoms with E-state index in [1.807, 2.05) is 12.1 Å². The molecule has 3 N–H and O–H groups in total. The van der Waals surface area contributed by atoms with Gasteiger partial charge in [-0.3, -0.25) is 0 Å². The number of carbonyl (C=O) groups excluding carboxylic acids is 1. The number of hydrogen-bond acceptors (Lipinski definition) is 3. The van der Waals surface area contributed by atoms with Gasteiger partial charge in [-0.2, -0.15) is 0 Å². The Hall–Kier alpha value is -2.04. The van der Waals surface area contributed by atoms with Gasteiger partial charge >= 0.3 is 5.97 Å². The van der Waals surface area contributed by atoms with E-state index in [0.29, 0.717) is 24.1 Å². The van der Waals surface area contributed by atoms with E-state index in [0.717, 1.165) is 18.4 Å². The van der Waals surface area contributed by atoms with Gasteiger partial charge in [-0.15, -0.1) is 0 Å². The van der Waals surface area contributed by atoms with Crippen molar-refractivity contribution in [2.75, 3.05) is 7.11 Å². The monoisotopic (exact) mass is 303 g/mol. The number of esters is 1. The fourth-order valence-electron chi connectivity index (χ4n) is 2.77. The summed E-state index contributed by atoms with van der Waals surface area (Å²) >= 11 is 0. The summed E-state index contributed by atoms with van der Waals surface area (Å²) in [5.74, 6) is 0.144. The van der Waals surface area contributed by atoms with E-state index in [4.69, 9.17) is 10.5 Å². The minimum atomic E-state index is -0.338. The molecule has 1 aromatic rings. The van der Waals surface area contributed by atoms with Crippen LogP contribution in [0.1, 0.15) is 54.4 Å². The van der Waals surface area contributed by atoms with Crippen LogP contribution in [0.15, 0.2) is 29.3 Å². The van der Waals surface area contributed by atoms with Gasteiger partial charge in [-0.05, 0) is 30.5 Å². The number of benzene rings is 1. The number of aliphatic imine (C=N–C) groups is 1. The van der Waals surface area contributed by atoms with Crippen LogP contribution in [0.25, 0.3) is 0 Å². The average molecular weight is 303 g/mol. The Labute approximate surface area is 132 Å². The van der Waals surface area contributed by atoms with Crippen LogP contribution >= 0.6 is 0 Å². The topological polar surface area (TPSA) is 76.7 Å². The third kappa shape index (κ3) is 5.06. The summed E-state index contributed by atoms with van der Waals surface area (Å²) < 4.78 is 4.72. The molecule has 0 unspecified atom stereocenters. The highest BCUT2D eigenvalue weighted by Gasteiger charge is 2.12. The standard InChI is InChI=1S/C17H25N3O2/c1-22-16(21)14-8-6-7-13(11-14)12-19-17(18)20-15-9-4-2-3-5-10-15/h6-8,11,15H,2-5,9-10,12H2,1H3,(H3,18,19,20). The van der Waals surface area contributed by atoms with Crippen molar-refractivity contribution in [3.63, 3.8) is 0 Å². The second-order valence-corrected chi connectivity index (χ2v) is 5.73. The highest BCUT2D eigenvalue weighted by atomic mass is 16.5. The van der Waals surface area contributed by atoms with Crippen LogP contribution in [-0.4, -0.2) is 25.1 Å². The molecule has 2 rings (SSSR count). The zero-order chi connectivity index (χ0) is 15.8. The zero-order valence-corrected chi connectivity index (χ0v) is 13.2. The summed E-state index contributed by atoms with van der Waals surface area (Å²) in [6.07, 6.45) is 7.46. The molecule has 0 saturated heterocycles. The molecule has 1 aliphatic rings. The van der Waals surface area contributed by atoms with Gasteiger partial charge in [0, 0.05) is 6.04 Å². The van der Waals surface area contributed by atoms with Gasteiger partial charge in [0.2, 0.25) is 0 Å². The highest BCUT2D eigenvalue weighted by molar-refractivity contribution is 5.89. The smallest absolute Gasteiger partial charge is 0.337 e. The maximum Gasteiger partial charge on any atom is 0.337 e. The molecular weight excluding hydrogens is 278 g/mol. The SMILES string of the molecule is COC(=O)c1cccc(CN=C(N)NC2CCCCCC2)c1. The minimum absolute atomic E-state index is 0.338. The number of nitrogens with two attached hydrogens (primary N) is 1. The van der Waals surface area contributed by atoms with Gasteiger partial charge < -0.3 is 15.8 Å². The Bertz CT molecular complexity index is 520. The largest absolute Gasteiger partial charge is 0.465 e. The van der Waals surface area contributed by atoms with Crippen molar-refractivity contribution in [1.29, 1.82) is 0 Å². The minimum Gasteiger partial charge on any atom is -0.465 e. The van der Waals surface area contributed by atoms with Gasteiger partial charge in [0.15, 0.2) is 5.96 Å². The molecule has 1 saturated carbocycles. The lowest BCUT2D eigenvalue weighted by atomic mass is 10.1. The fourth-order valence-corrected chi connectivity index (χ4v) is 2.77. The van der Waals surface area contributed by atoms with Crippen LogP contribution in [0, 0.1) is 0 Å². The molecule has 22 heavy (non-hydrogen) atoms. The van der Waals surface area contributed by atoms with Gasteiger partial charge in [-0.1, -0.05) is 37.8 Å². The third-order valence-electron chi connectivity index (χ3n) is 3.99. The summed E-state index contributed by atoms with van der Waals surface area (Å²) in [6.45, 7) is 0.455. The maximum absolute atomic E-state index is 11.5. The predicted octanol–water partition coefficient (Wildman–Crippen LogP) is 2.60. The Morgan fingerprint density at radius 1 is 1.32 bits per heavy atom. The number of carbonyl (C=O) groups is 1. The maximum atomic E-state index is 11.5. The highest BCUT2D eigenvalue weighted by Crippen LogP contribution is 2.17. The van der Waals surface area contributed by atoms with E-state index in [1.165, 1.54) is 32.8 Å². The van der Waals surface area contributed by atoms with Crippen molar-refractivity contribution >= 4 is 11.9 Å². The molecule has 0 amide bonds. The molecule has 5 heteroatoms. The molecule has 5 nitrogen and oxygen atoms in total. The summed E-state index contributed by atoms with van der Waals surface area (Å²) in [4.78, 5) is 15.9. The Kier molecular flexibility index (Phi) is 6.25. The molecule has 0 radical (unpaired) electrons. The van der Waals surface area contributed by atoms with Crippen molar-refractivity contribution in [3.8, 4) is 0 Å². The summed E-state index contributed by atoms with van der Waals surface area (Å²) in [6, 6.07) is 7.70. The summed E-state index contributed by atoms with van der Waals surface area (Å²) in [7, 11) is 1.38. The van der Waals surface area contributed by atoms with E-state index >= 15 is 0 Å². The van der Waals surface area contributed by atoms with Crippen molar-refractivity contribution < 1.29 is 9.53 Å². The second-order valence-electron chi connectivity index (χ2n) is 5.73. The van der Waals surface area contributed by atoms with Crippen molar-refractivity contribution in [1.82, 2.24) is 5.32 Å². The van der Waals surface area contributed by atoms with Crippen LogP contribution in [-0.2, 0) is 11.3 Å². The molecule has 0 spiro atoms. The summed E-state index contributed by atoms with van der Waals surface area (Å²) in [5, 5.41) is 3.31. The molecule has 1 aliphatic carbocycles. The van der Waals surface area contributed by atoms with E-state index in [-0.39, 0.29) is 5.97 Å². The van der Waals surface area contributed by atoms with Crippen molar-refractivity contribution in [3.05, 3.63) is 35.4 Å². The average Bonchev–Trinajstić information content (AvgIpc) is 2.81. The summed E-state index contributed by atoms with van der Waals surface area (Å²) in [5.41, 5.74) is 7.45. The van der Waals surface area contributed by atoms with E-state index in [2.05, 4.69) is 10.3 Å². The van der Waals surface area contributed by atoms with E-state index < -0.39 is 0 Å². The molecule has 0 bridgehead atoms. The molecule has 0 atom stereocenters. The number of methoxy groups -OCH3 is 1. The Morgan fingerprint density at radius 3 is 2.73 bits per heavy atom. The number of guanidine groups is 1. The van der Waals surface area contributed by atoms with E-state index in [9.17, 15) is 4.79 Å². The lowest BCUT2D eigenvalue weighted by Crippen LogP contribution is -2.39. The molecule has 0 aromatic heterocycles. The Balaban J connectivity index is 1.91. The van der Waals surface area contributed by atoms with Crippen LogP contribution in [0.5, 0.6) is 0 Å². The van der Waals surface area contributed by atoms with Crippen LogP contribution in [0.3, 0.4) is 0 Å². The molecule has 1 fully saturated rings. The van der Waals surface area contributed by atoms with E-state index in [1.54, 1.807) is 12.1 Å². The first kappa shape index (κ1) is 16.3. The number of ether oxygens (including phenoxy) is 1. The van der Waals surface area contributed by atoms with Crippen molar-refractivity contribution in [2.45, 2.75) is 51.1 Å². The van der Waals surface area contributed by atoms with Gasteiger partial charge in [0.1, 0.15) is 0 Å². The predicted molar refractivity (Wildman–Crippen MR) is 87.7 cm³/mol. The first-order chi connectivity index (χ1) is 10.7. The van der Waals surface area contributed by atoms with Crippen LogP contribution < -0.4 is 11.1 Å². The van der Waals surface area contributed by atoms with Crippen LogP contribution in [0.2, 0.25) is 0 Å². The second kappa shape index (κ2) is 8.41. The number of nitrogens with one attached hydrogen (secondary N) is 1. The normalized spacial score (nSPS) is 16.9. The zero-order valence-electron chi connectivity index (χ0n) is 13.2. The first-order valence-corrected chi connectivity index (χ1v) is 7.93. The number of hydrogen-bond donors (Lipinski definition) is 2. The first-order valence-electron chi connectivity index (χ1n) is 7.93. The third-order valence-corrected chi connectivity index (χ3v) is 3.99. The van der Waals surface area contributed by atoms with Gasteiger partial charge in [0.05, 0.1) is 19.2 Å². The van der Waals surface area contributed by atoms with Crippen molar-refractivity contribution in [2.24, 2.45) is 10.7 Å². The molecule has 1 aromatic carbocycles. The fraction of sp³-hybridized carbons (Fsp3) is 0.529.